The second-order valence-corrected chi connectivity index (χ2v) is 5.16. The molecule has 0 bridgehead atoms. The van der Waals surface area contributed by atoms with Gasteiger partial charge in [0.05, 0.1) is 12.6 Å². The van der Waals surface area contributed by atoms with Crippen LogP contribution in [0.2, 0.25) is 5.02 Å². The molecule has 0 unspecified atom stereocenters. The molecule has 2 rings (SSSR count). The molecule has 3 N–H and O–H groups in total. The molecule has 0 heterocycles. The van der Waals surface area contributed by atoms with E-state index in [0.717, 1.165) is 29.7 Å². The van der Waals surface area contributed by atoms with Crippen LogP contribution in [0.3, 0.4) is 0 Å². The second kappa shape index (κ2) is 4.78. The lowest BCUT2D eigenvalue weighted by molar-refractivity contribution is -0.123. The molecule has 1 fully saturated rings. The molecule has 98 valence electrons. The third kappa shape index (κ3) is 2.60. The lowest BCUT2D eigenvalue weighted by Crippen LogP contribution is -2.42. The van der Waals surface area contributed by atoms with E-state index in [0.29, 0.717) is 11.6 Å². The van der Waals surface area contributed by atoms with Crippen molar-refractivity contribution in [3.8, 4) is 5.75 Å². The maximum atomic E-state index is 11.7. The molecule has 0 atom stereocenters. The number of methoxy groups -OCH3 is 1. The summed E-state index contributed by atoms with van der Waals surface area (Å²) in [4.78, 5) is 11.7. The standard InChI is InChI=1S/C13H17ClN2O2/c1-8-5-11(18-2)9(6-10(8)14)7-16-12(17)13(15)3-4-13/h5-6H,3-4,7,15H2,1-2H3,(H,16,17). The third-order valence-electron chi connectivity index (χ3n) is 3.24. The van der Waals surface area contributed by atoms with Gasteiger partial charge < -0.3 is 15.8 Å². The number of hydrogen-bond donors (Lipinski definition) is 2. The highest BCUT2D eigenvalue weighted by molar-refractivity contribution is 6.31. The number of halogens is 1. The van der Waals surface area contributed by atoms with E-state index in [9.17, 15) is 4.79 Å². The van der Waals surface area contributed by atoms with Crippen LogP contribution in [0.15, 0.2) is 12.1 Å². The van der Waals surface area contributed by atoms with E-state index < -0.39 is 5.54 Å². The van der Waals surface area contributed by atoms with Crippen LogP contribution in [0.5, 0.6) is 5.75 Å². The number of carbonyl (C=O) groups excluding carboxylic acids is 1. The Morgan fingerprint density at radius 3 is 2.78 bits per heavy atom. The summed E-state index contributed by atoms with van der Waals surface area (Å²) in [6.45, 7) is 2.28. The van der Waals surface area contributed by atoms with Crippen molar-refractivity contribution >= 4 is 17.5 Å². The van der Waals surface area contributed by atoms with Gasteiger partial charge in [0, 0.05) is 17.1 Å². The Bertz CT molecular complexity index is 484. The van der Waals surface area contributed by atoms with Gasteiger partial charge in [-0.2, -0.15) is 0 Å². The smallest absolute Gasteiger partial charge is 0.240 e. The topological polar surface area (TPSA) is 64.3 Å². The molecule has 18 heavy (non-hydrogen) atoms. The Labute approximate surface area is 111 Å². The Hall–Kier alpha value is -1.26. The first kappa shape index (κ1) is 13.2. The number of benzene rings is 1. The van der Waals surface area contributed by atoms with Crippen molar-refractivity contribution in [3.63, 3.8) is 0 Å². The molecule has 0 spiro atoms. The first-order chi connectivity index (χ1) is 8.46. The largest absolute Gasteiger partial charge is 0.496 e. The molecule has 1 amide bonds. The van der Waals surface area contributed by atoms with Gasteiger partial charge in [0.25, 0.3) is 0 Å². The van der Waals surface area contributed by atoms with Gasteiger partial charge in [0.15, 0.2) is 0 Å². The van der Waals surface area contributed by atoms with Crippen LogP contribution in [-0.2, 0) is 11.3 Å². The maximum Gasteiger partial charge on any atom is 0.240 e. The number of carbonyl (C=O) groups is 1. The normalized spacial score (nSPS) is 16.2. The van der Waals surface area contributed by atoms with Gasteiger partial charge in [-0.15, -0.1) is 0 Å². The van der Waals surface area contributed by atoms with Crippen molar-refractivity contribution in [1.82, 2.24) is 5.32 Å². The minimum Gasteiger partial charge on any atom is -0.496 e. The molecule has 1 aromatic rings. The fraction of sp³-hybridized carbons (Fsp3) is 0.462. The number of nitrogens with two attached hydrogens (primary N) is 1. The Morgan fingerprint density at radius 1 is 1.56 bits per heavy atom. The van der Waals surface area contributed by atoms with Gasteiger partial charge in [-0.25, -0.2) is 0 Å². The molecular formula is C13H17ClN2O2. The molecule has 5 heteroatoms. The molecule has 1 aliphatic carbocycles. The molecule has 0 radical (unpaired) electrons. The second-order valence-electron chi connectivity index (χ2n) is 4.75. The number of amides is 1. The minimum absolute atomic E-state index is 0.110. The zero-order valence-electron chi connectivity index (χ0n) is 10.5. The van der Waals surface area contributed by atoms with Gasteiger partial charge in [-0.05, 0) is 37.5 Å². The SMILES string of the molecule is COc1cc(C)c(Cl)cc1CNC(=O)C1(N)CC1. The first-order valence-corrected chi connectivity index (χ1v) is 6.24. The van der Waals surface area contributed by atoms with E-state index in [4.69, 9.17) is 22.1 Å². The van der Waals surface area contributed by atoms with Gasteiger partial charge in [0.2, 0.25) is 5.91 Å². The van der Waals surface area contributed by atoms with E-state index in [1.165, 1.54) is 0 Å². The summed E-state index contributed by atoms with van der Waals surface area (Å²) >= 11 is 6.07. The van der Waals surface area contributed by atoms with Crippen molar-refractivity contribution in [1.29, 1.82) is 0 Å². The predicted octanol–water partition coefficient (Wildman–Crippen LogP) is 1.76. The zero-order valence-corrected chi connectivity index (χ0v) is 11.3. The molecule has 1 saturated carbocycles. The van der Waals surface area contributed by atoms with Gasteiger partial charge in [-0.1, -0.05) is 11.6 Å². The number of nitrogens with one attached hydrogen (secondary N) is 1. The lowest BCUT2D eigenvalue weighted by atomic mass is 10.1. The van der Waals surface area contributed by atoms with Crippen molar-refractivity contribution < 1.29 is 9.53 Å². The molecular weight excluding hydrogens is 252 g/mol. The van der Waals surface area contributed by atoms with Gasteiger partial charge in [-0.3, -0.25) is 4.79 Å². The zero-order chi connectivity index (χ0) is 13.3. The van der Waals surface area contributed by atoms with Crippen molar-refractivity contribution in [3.05, 3.63) is 28.3 Å². The van der Waals surface area contributed by atoms with Crippen LogP contribution in [0.1, 0.15) is 24.0 Å². The van der Waals surface area contributed by atoms with Crippen LogP contribution in [0.4, 0.5) is 0 Å². The summed E-state index contributed by atoms with van der Waals surface area (Å²) < 4.78 is 5.27. The molecule has 4 nitrogen and oxygen atoms in total. The average molecular weight is 269 g/mol. The van der Waals surface area contributed by atoms with Gasteiger partial charge >= 0.3 is 0 Å². The number of aryl methyl sites for hydroxylation is 1. The maximum absolute atomic E-state index is 11.7. The number of rotatable bonds is 4. The molecule has 0 aliphatic heterocycles. The third-order valence-corrected chi connectivity index (χ3v) is 3.65. The summed E-state index contributed by atoms with van der Waals surface area (Å²) in [5.41, 5.74) is 6.96. The summed E-state index contributed by atoms with van der Waals surface area (Å²) in [5.74, 6) is 0.611. The Kier molecular flexibility index (Phi) is 3.50. The molecule has 1 aromatic carbocycles. The highest BCUT2D eigenvalue weighted by Crippen LogP contribution is 2.32. The van der Waals surface area contributed by atoms with Crippen LogP contribution in [-0.4, -0.2) is 18.6 Å². The number of ether oxygens (including phenoxy) is 1. The average Bonchev–Trinajstić information content (AvgIpc) is 3.09. The van der Waals surface area contributed by atoms with Gasteiger partial charge in [0.1, 0.15) is 5.75 Å². The van der Waals surface area contributed by atoms with Crippen LogP contribution in [0, 0.1) is 6.92 Å². The van der Waals surface area contributed by atoms with Crippen molar-refractivity contribution in [2.75, 3.05) is 7.11 Å². The summed E-state index contributed by atoms with van der Waals surface area (Å²) in [5, 5.41) is 3.48. The molecule has 0 aromatic heterocycles. The van der Waals surface area contributed by atoms with E-state index in [1.54, 1.807) is 7.11 Å². The highest BCUT2D eigenvalue weighted by atomic mass is 35.5. The monoisotopic (exact) mass is 268 g/mol. The van der Waals surface area contributed by atoms with E-state index >= 15 is 0 Å². The first-order valence-electron chi connectivity index (χ1n) is 5.86. The van der Waals surface area contributed by atoms with E-state index in [-0.39, 0.29) is 5.91 Å². The summed E-state index contributed by atoms with van der Waals surface area (Å²) in [6, 6.07) is 3.67. The van der Waals surface area contributed by atoms with E-state index in [2.05, 4.69) is 5.32 Å². The quantitative estimate of drug-likeness (QED) is 0.875. The van der Waals surface area contributed by atoms with Crippen molar-refractivity contribution in [2.24, 2.45) is 5.73 Å². The fourth-order valence-electron chi connectivity index (χ4n) is 1.74. The summed E-state index contributed by atoms with van der Waals surface area (Å²) in [7, 11) is 1.60. The Morgan fingerprint density at radius 2 is 2.22 bits per heavy atom. The predicted molar refractivity (Wildman–Crippen MR) is 70.7 cm³/mol. The van der Waals surface area contributed by atoms with Crippen LogP contribution >= 0.6 is 11.6 Å². The fourth-order valence-corrected chi connectivity index (χ4v) is 1.92. The minimum atomic E-state index is -0.651. The molecule has 0 saturated heterocycles. The van der Waals surface area contributed by atoms with E-state index in [1.807, 2.05) is 19.1 Å². The van der Waals surface area contributed by atoms with Crippen LogP contribution < -0.4 is 15.8 Å². The lowest BCUT2D eigenvalue weighted by Gasteiger charge is -2.14. The highest BCUT2D eigenvalue weighted by Gasteiger charge is 2.45. The summed E-state index contributed by atoms with van der Waals surface area (Å²) in [6.07, 6.45) is 1.51. The van der Waals surface area contributed by atoms with Crippen LogP contribution in [0.25, 0.3) is 0 Å². The Balaban J connectivity index is 2.08. The molecule has 1 aliphatic rings. The van der Waals surface area contributed by atoms with Crippen molar-refractivity contribution in [2.45, 2.75) is 31.8 Å². The number of hydrogen-bond acceptors (Lipinski definition) is 3.